The maximum absolute atomic E-state index is 13.4. The van der Waals surface area contributed by atoms with Gasteiger partial charge in [-0.05, 0) is 86.4 Å². The first-order valence-electron chi connectivity index (χ1n) is 12.5. The Morgan fingerprint density at radius 2 is 1.46 bits per heavy atom. The minimum Gasteiger partial charge on any atom is -0.480 e. The van der Waals surface area contributed by atoms with Gasteiger partial charge in [-0.2, -0.15) is 0 Å². The van der Waals surface area contributed by atoms with Gasteiger partial charge in [-0.3, -0.25) is 4.79 Å². The number of carboxylic acids is 1. The molecule has 1 aliphatic carbocycles. The number of anilines is 2. The molecule has 3 aromatic rings. The van der Waals surface area contributed by atoms with Crippen LogP contribution < -0.4 is 16.0 Å². The van der Waals surface area contributed by atoms with E-state index in [1.54, 1.807) is 12.1 Å². The van der Waals surface area contributed by atoms with E-state index in [0.717, 1.165) is 27.5 Å². The molecule has 1 fully saturated rings. The molecule has 0 radical (unpaired) electrons. The van der Waals surface area contributed by atoms with Crippen LogP contribution in [0.1, 0.15) is 52.7 Å². The summed E-state index contributed by atoms with van der Waals surface area (Å²) in [5.41, 5.74) is 4.08. The number of hydrogen-bond donors (Lipinski definition) is 5. The van der Waals surface area contributed by atoms with Crippen molar-refractivity contribution >= 4 is 40.1 Å². The highest BCUT2D eigenvalue weighted by molar-refractivity contribution is 6.10. The second-order valence-corrected chi connectivity index (χ2v) is 9.96. The molecule has 1 atom stereocenters. The number of hydrogen-bond acceptors (Lipinski definition) is 4. The maximum atomic E-state index is 13.4. The van der Waals surface area contributed by atoms with Gasteiger partial charge in [0.25, 0.3) is 5.91 Å². The number of benzene rings is 3. The number of carbonyl (C=O) groups is 3. The predicted octanol–water partition coefficient (Wildman–Crippen LogP) is 5.14. The second-order valence-electron chi connectivity index (χ2n) is 9.96. The molecule has 0 aliphatic heterocycles. The third-order valence-corrected chi connectivity index (χ3v) is 7.06. The lowest BCUT2D eigenvalue weighted by Crippen LogP contribution is -2.47. The Balaban J connectivity index is 1.62. The molecule has 3 aromatic carbocycles. The van der Waals surface area contributed by atoms with Crippen molar-refractivity contribution < 1.29 is 24.6 Å². The van der Waals surface area contributed by atoms with Gasteiger partial charge in [-0.25, -0.2) is 9.59 Å². The Morgan fingerprint density at radius 1 is 0.865 bits per heavy atom. The molecule has 5 N–H and O–H groups in total. The first kappa shape index (κ1) is 26.2. The lowest BCUT2D eigenvalue weighted by Gasteiger charge is -2.30. The lowest BCUT2D eigenvalue weighted by atomic mass is 9.82. The van der Waals surface area contributed by atoms with E-state index in [-0.39, 0.29) is 17.2 Å². The van der Waals surface area contributed by atoms with Crippen molar-refractivity contribution in [2.45, 2.75) is 58.6 Å². The van der Waals surface area contributed by atoms with Gasteiger partial charge in [-0.15, -0.1) is 0 Å². The monoisotopic (exact) mass is 503 g/mol. The van der Waals surface area contributed by atoms with Crippen LogP contribution in [0.2, 0.25) is 0 Å². The summed E-state index contributed by atoms with van der Waals surface area (Å²) in [7, 11) is 0. The van der Waals surface area contributed by atoms with E-state index in [4.69, 9.17) is 0 Å². The lowest BCUT2D eigenvalue weighted by molar-refractivity contribution is -0.141. The number of aliphatic hydroxyl groups is 1. The summed E-state index contributed by atoms with van der Waals surface area (Å²) in [6.07, 6.45) is 1.60. The van der Waals surface area contributed by atoms with Crippen LogP contribution in [0.3, 0.4) is 0 Å². The normalized spacial score (nSPS) is 18.2. The van der Waals surface area contributed by atoms with Gasteiger partial charge in [0, 0.05) is 5.69 Å². The summed E-state index contributed by atoms with van der Waals surface area (Å²) in [4.78, 5) is 38.5. The molecular formula is C29H33N3O5. The Hall–Kier alpha value is -3.91. The highest BCUT2D eigenvalue weighted by Crippen LogP contribution is 2.29. The van der Waals surface area contributed by atoms with E-state index in [9.17, 15) is 24.6 Å². The van der Waals surface area contributed by atoms with Crippen LogP contribution in [0.5, 0.6) is 0 Å². The van der Waals surface area contributed by atoms with Gasteiger partial charge in [0.05, 0.1) is 17.4 Å². The minimum absolute atomic E-state index is 0.174. The molecule has 8 heteroatoms. The standard InChI is InChI=1S/C29H33N3O5/c1-16-12-17(2)25(18(3)13-16)32-29(37)30-24-15-21-7-5-4-6-20(21)14-23(24)27(34)31-26(28(35)36)19-8-10-22(33)11-9-19/h4-7,12-15,19,22,26,33H,8-11H2,1-3H3,(H,31,34)(H,35,36)(H2,30,32,37)/t19?,22?,26-/m0/s1. The molecule has 37 heavy (non-hydrogen) atoms. The van der Waals surface area contributed by atoms with Crippen molar-refractivity contribution in [3.63, 3.8) is 0 Å². The number of fused-ring (bicyclic) bond motifs is 1. The van der Waals surface area contributed by atoms with Gasteiger partial charge in [0.2, 0.25) is 0 Å². The van der Waals surface area contributed by atoms with Gasteiger partial charge in [0.1, 0.15) is 6.04 Å². The van der Waals surface area contributed by atoms with Crippen LogP contribution in [0.25, 0.3) is 10.8 Å². The molecule has 0 aromatic heterocycles. The molecule has 8 nitrogen and oxygen atoms in total. The van der Waals surface area contributed by atoms with E-state index in [1.165, 1.54) is 0 Å². The molecule has 0 spiro atoms. The smallest absolute Gasteiger partial charge is 0.326 e. The topological polar surface area (TPSA) is 128 Å². The maximum Gasteiger partial charge on any atom is 0.326 e. The minimum atomic E-state index is -1.12. The fourth-order valence-corrected chi connectivity index (χ4v) is 5.21. The Bertz CT molecular complexity index is 1320. The molecule has 0 unspecified atom stereocenters. The number of amides is 3. The molecule has 3 amide bonds. The van der Waals surface area contributed by atoms with Gasteiger partial charge < -0.3 is 26.2 Å². The highest BCUT2D eigenvalue weighted by atomic mass is 16.4. The molecule has 0 heterocycles. The van der Waals surface area contributed by atoms with Crippen molar-refractivity contribution in [3.8, 4) is 0 Å². The zero-order chi connectivity index (χ0) is 26.7. The van der Waals surface area contributed by atoms with Crippen molar-refractivity contribution in [1.29, 1.82) is 0 Å². The molecular weight excluding hydrogens is 470 g/mol. The molecule has 4 rings (SSSR count). The van der Waals surface area contributed by atoms with E-state index in [1.807, 2.05) is 57.2 Å². The first-order valence-corrected chi connectivity index (χ1v) is 12.5. The molecule has 1 saturated carbocycles. The van der Waals surface area contributed by atoms with Gasteiger partial charge in [-0.1, -0.05) is 42.0 Å². The fraction of sp³-hybridized carbons (Fsp3) is 0.345. The number of aliphatic hydroxyl groups excluding tert-OH is 1. The van der Waals surface area contributed by atoms with Crippen molar-refractivity contribution in [3.05, 3.63) is 70.8 Å². The third kappa shape index (κ3) is 6.09. The highest BCUT2D eigenvalue weighted by Gasteiger charge is 2.33. The quantitative estimate of drug-likeness (QED) is 0.318. The molecule has 194 valence electrons. The Kier molecular flexibility index (Phi) is 7.78. The average molecular weight is 504 g/mol. The fourth-order valence-electron chi connectivity index (χ4n) is 5.21. The first-order chi connectivity index (χ1) is 17.6. The summed E-state index contributed by atoms with van der Waals surface area (Å²) in [6, 6.07) is 13.2. The number of carbonyl (C=O) groups excluding carboxylic acids is 2. The summed E-state index contributed by atoms with van der Waals surface area (Å²) in [5, 5.41) is 29.6. The summed E-state index contributed by atoms with van der Waals surface area (Å²) >= 11 is 0. The molecule has 1 aliphatic rings. The van der Waals surface area contributed by atoms with Crippen molar-refractivity contribution in [1.82, 2.24) is 5.32 Å². The van der Waals surface area contributed by atoms with Crippen LogP contribution in [0, 0.1) is 26.7 Å². The predicted molar refractivity (Wildman–Crippen MR) is 144 cm³/mol. The zero-order valence-electron chi connectivity index (χ0n) is 21.3. The third-order valence-electron chi connectivity index (χ3n) is 7.06. The largest absolute Gasteiger partial charge is 0.480 e. The van der Waals surface area contributed by atoms with E-state index >= 15 is 0 Å². The van der Waals surface area contributed by atoms with Crippen LogP contribution in [0.15, 0.2) is 48.5 Å². The van der Waals surface area contributed by atoms with Crippen molar-refractivity contribution in [2.24, 2.45) is 5.92 Å². The van der Waals surface area contributed by atoms with Gasteiger partial charge >= 0.3 is 12.0 Å². The zero-order valence-corrected chi connectivity index (χ0v) is 21.3. The number of aryl methyl sites for hydroxylation is 3. The van der Waals surface area contributed by atoms with Crippen molar-refractivity contribution in [2.75, 3.05) is 10.6 Å². The van der Waals surface area contributed by atoms with Crippen LogP contribution >= 0.6 is 0 Å². The van der Waals surface area contributed by atoms with Gasteiger partial charge in [0.15, 0.2) is 0 Å². The van der Waals surface area contributed by atoms with E-state index < -0.39 is 30.1 Å². The van der Waals surface area contributed by atoms with Crippen LogP contribution in [-0.2, 0) is 4.79 Å². The Morgan fingerprint density at radius 3 is 2.05 bits per heavy atom. The number of rotatable bonds is 6. The summed E-state index contributed by atoms with van der Waals surface area (Å²) < 4.78 is 0. The van der Waals surface area contributed by atoms with Crippen LogP contribution in [0.4, 0.5) is 16.2 Å². The SMILES string of the molecule is Cc1cc(C)c(NC(=O)Nc2cc3ccccc3cc2C(=O)N[C@H](C(=O)O)C2CCC(O)CC2)c(C)c1. The number of nitrogens with one attached hydrogen (secondary N) is 3. The number of aliphatic carboxylic acids is 1. The Labute approximate surface area is 216 Å². The van der Waals surface area contributed by atoms with E-state index in [2.05, 4.69) is 16.0 Å². The summed E-state index contributed by atoms with van der Waals surface area (Å²) in [6.45, 7) is 5.82. The summed E-state index contributed by atoms with van der Waals surface area (Å²) in [5.74, 6) is -1.98. The average Bonchev–Trinajstić information content (AvgIpc) is 2.84. The van der Waals surface area contributed by atoms with Crippen LogP contribution in [-0.4, -0.2) is 40.3 Å². The molecule has 0 saturated heterocycles. The molecule has 0 bridgehead atoms. The second kappa shape index (κ2) is 11.0. The number of carboxylic acid groups (broad SMARTS) is 1. The van der Waals surface area contributed by atoms with E-state index in [0.29, 0.717) is 31.4 Å². The number of urea groups is 1.